The average molecular weight is 1040 g/mol. The monoisotopic (exact) mass is 1030 g/mol. The Bertz CT molecular complexity index is 1440. The van der Waals surface area contributed by atoms with Gasteiger partial charge in [-0.15, -0.1) is 0 Å². The van der Waals surface area contributed by atoms with Crippen LogP contribution in [0.3, 0.4) is 0 Å². The first-order valence-corrected chi connectivity index (χ1v) is 30.7. The molecule has 0 saturated carbocycles. The zero-order valence-electron chi connectivity index (χ0n) is 46.1. The minimum Gasteiger partial charge on any atom is -0.462 e. The first kappa shape index (κ1) is 69.2. The molecule has 0 aliphatic rings. The van der Waals surface area contributed by atoms with Crippen LogP contribution in [0, 0.1) is 0 Å². The van der Waals surface area contributed by atoms with Gasteiger partial charge in [0, 0.05) is 19.3 Å². The summed E-state index contributed by atoms with van der Waals surface area (Å²) in [6, 6.07) is 0. The van der Waals surface area contributed by atoms with E-state index in [1.54, 1.807) is 0 Å². The lowest BCUT2D eigenvalue weighted by molar-refractivity contribution is -0.161. The molecule has 0 rings (SSSR count). The van der Waals surface area contributed by atoms with Crippen LogP contribution in [0.4, 0.5) is 0 Å². The molecule has 0 aromatic heterocycles. The zero-order chi connectivity index (χ0) is 52.7. The number of esters is 3. The number of carbonyl (C=O) groups excluding carboxylic acids is 3. The van der Waals surface area contributed by atoms with Gasteiger partial charge in [-0.25, -0.2) is 4.57 Å². The molecule has 0 saturated heterocycles. The van der Waals surface area contributed by atoms with Crippen molar-refractivity contribution in [3.63, 3.8) is 0 Å². The van der Waals surface area contributed by atoms with E-state index in [-0.39, 0.29) is 25.9 Å². The molecule has 418 valence electrons. The van der Waals surface area contributed by atoms with Crippen LogP contribution in [0.15, 0.2) is 60.8 Å². The molecule has 11 nitrogen and oxygen atoms in total. The Morgan fingerprint density at radius 3 is 1.17 bits per heavy atom. The van der Waals surface area contributed by atoms with E-state index in [9.17, 15) is 28.9 Å². The van der Waals surface area contributed by atoms with E-state index < -0.39 is 57.8 Å². The van der Waals surface area contributed by atoms with Crippen LogP contribution in [-0.4, -0.2) is 66.5 Å². The second kappa shape index (κ2) is 54.4. The van der Waals surface area contributed by atoms with Crippen LogP contribution >= 0.6 is 7.82 Å². The van der Waals surface area contributed by atoms with Crippen LogP contribution in [0.2, 0.25) is 0 Å². The molecule has 0 aliphatic heterocycles. The highest BCUT2D eigenvalue weighted by atomic mass is 31.2. The van der Waals surface area contributed by atoms with Crippen LogP contribution in [0.1, 0.15) is 265 Å². The van der Waals surface area contributed by atoms with Crippen LogP contribution in [-0.2, 0) is 42.2 Å². The molecule has 12 heteroatoms. The van der Waals surface area contributed by atoms with Crippen molar-refractivity contribution >= 4 is 25.7 Å². The van der Waals surface area contributed by atoms with E-state index in [2.05, 4.69) is 69.4 Å². The van der Waals surface area contributed by atoms with E-state index in [0.717, 1.165) is 83.5 Å². The summed E-state index contributed by atoms with van der Waals surface area (Å²) in [6.07, 6.45) is 59.1. The Kier molecular flexibility index (Phi) is 52.3. The maximum absolute atomic E-state index is 12.9. The lowest BCUT2D eigenvalue weighted by Gasteiger charge is -2.21. The Balaban J connectivity index is 4.75. The first-order chi connectivity index (χ1) is 35.2. The Morgan fingerprint density at radius 1 is 0.403 bits per heavy atom. The van der Waals surface area contributed by atoms with Gasteiger partial charge in [-0.3, -0.25) is 23.4 Å². The molecular weight excluding hydrogens is 928 g/mol. The van der Waals surface area contributed by atoms with Gasteiger partial charge >= 0.3 is 25.7 Å². The average Bonchev–Trinajstić information content (AvgIpc) is 3.37. The number of aliphatic hydroxyl groups excluding tert-OH is 1. The highest BCUT2D eigenvalue weighted by molar-refractivity contribution is 7.47. The van der Waals surface area contributed by atoms with Crippen molar-refractivity contribution in [2.75, 3.05) is 26.4 Å². The number of phosphoric ester groups is 1. The molecule has 0 spiro atoms. The van der Waals surface area contributed by atoms with Crippen molar-refractivity contribution in [1.82, 2.24) is 0 Å². The van der Waals surface area contributed by atoms with E-state index in [1.165, 1.54) is 122 Å². The summed E-state index contributed by atoms with van der Waals surface area (Å²) in [6.45, 7) is 4.46. The Hall–Kier alpha value is -2.82. The lowest BCUT2D eigenvalue weighted by atomic mass is 10.0. The Morgan fingerprint density at radius 2 is 0.750 bits per heavy atom. The van der Waals surface area contributed by atoms with Crippen molar-refractivity contribution in [3.05, 3.63) is 60.8 Å². The van der Waals surface area contributed by atoms with Gasteiger partial charge in [-0.2, -0.15) is 0 Å². The fraction of sp³-hybridized carbons (Fsp3) is 0.783. The summed E-state index contributed by atoms with van der Waals surface area (Å²) >= 11 is 0. The fourth-order valence-electron chi connectivity index (χ4n) is 8.01. The third-order valence-corrected chi connectivity index (χ3v) is 13.4. The van der Waals surface area contributed by atoms with Crippen molar-refractivity contribution in [2.45, 2.75) is 277 Å². The topological polar surface area (TPSA) is 155 Å². The molecule has 3 atom stereocenters. The quantitative estimate of drug-likeness (QED) is 0.0197. The predicted molar refractivity (Wildman–Crippen MR) is 298 cm³/mol. The highest BCUT2D eigenvalue weighted by Crippen LogP contribution is 2.43. The molecular formula is C60H107O11P. The number of carbonyl (C=O) groups is 3. The molecule has 0 aliphatic carbocycles. The van der Waals surface area contributed by atoms with Gasteiger partial charge in [-0.05, 0) is 70.6 Å². The highest BCUT2D eigenvalue weighted by Gasteiger charge is 2.28. The van der Waals surface area contributed by atoms with E-state index in [0.29, 0.717) is 19.3 Å². The second-order valence-electron chi connectivity index (χ2n) is 19.4. The lowest BCUT2D eigenvalue weighted by Crippen LogP contribution is -2.30. The predicted octanol–water partition coefficient (Wildman–Crippen LogP) is 17.1. The minimum absolute atomic E-state index is 0.106. The summed E-state index contributed by atoms with van der Waals surface area (Å²) in [7, 11) is -4.76. The van der Waals surface area contributed by atoms with E-state index in [1.807, 2.05) is 12.2 Å². The minimum atomic E-state index is -4.76. The maximum atomic E-state index is 12.9. The number of unbranched alkanes of at least 4 members (excludes halogenated alkanes) is 27. The van der Waals surface area contributed by atoms with Crippen LogP contribution < -0.4 is 0 Å². The Labute approximate surface area is 440 Å². The smallest absolute Gasteiger partial charge is 0.462 e. The van der Waals surface area contributed by atoms with Crippen molar-refractivity contribution in [1.29, 1.82) is 0 Å². The number of allylic oxidation sites excluding steroid dienone is 10. The van der Waals surface area contributed by atoms with Gasteiger partial charge in [-0.1, -0.05) is 236 Å². The molecule has 0 radical (unpaired) electrons. The fourth-order valence-corrected chi connectivity index (χ4v) is 8.80. The number of ether oxygens (including phenoxy) is 3. The van der Waals surface area contributed by atoms with Crippen LogP contribution in [0.5, 0.6) is 0 Å². The number of hydrogen-bond acceptors (Lipinski definition) is 10. The van der Waals surface area contributed by atoms with Gasteiger partial charge in [0.05, 0.1) is 19.8 Å². The van der Waals surface area contributed by atoms with Gasteiger partial charge in [0.15, 0.2) is 6.10 Å². The first-order valence-electron chi connectivity index (χ1n) is 29.2. The van der Waals surface area contributed by atoms with Gasteiger partial charge in [0.25, 0.3) is 0 Å². The molecule has 0 heterocycles. The maximum Gasteiger partial charge on any atom is 0.472 e. The van der Waals surface area contributed by atoms with Crippen molar-refractivity contribution in [3.8, 4) is 0 Å². The molecule has 2 N–H and O–H groups in total. The molecule has 3 unspecified atom stereocenters. The van der Waals surface area contributed by atoms with Crippen molar-refractivity contribution < 1.29 is 52.2 Å². The van der Waals surface area contributed by atoms with Gasteiger partial charge in [0.2, 0.25) is 0 Å². The normalized spacial score (nSPS) is 13.8. The summed E-state index contributed by atoms with van der Waals surface area (Å²) in [5.41, 5.74) is 0. The summed E-state index contributed by atoms with van der Waals surface area (Å²) in [5.74, 6) is -1.56. The van der Waals surface area contributed by atoms with Crippen molar-refractivity contribution in [2.24, 2.45) is 0 Å². The number of phosphoric acid groups is 1. The summed E-state index contributed by atoms with van der Waals surface area (Å²) in [4.78, 5) is 48.5. The molecule has 0 bridgehead atoms. The standard InChI is InChI=1S/C60H107O11P/c1-4-7-10-13-16-19-22-25-27-28-30-33-36-39-42-45-48-51-60(64)71-57(53-67-58(62)49-46-43-40-37-34-31-24-21-18-15-12-9-6-3)55-69-72(65,66)68-54-56(52-61)70-59(63)50-47-44-41-38-35-32-29-26-23-20-17-14-11-8-5-2/h9,12,18,21,26,29,31,34,40,43,56-57,61H,4-8,10-11,13-17,19-20,22-25,27-28,30,32-33,35-39,41-42,44-55H2,1-3H3,(H,65,66)/b12-9-,21-18-,29-26-,34-31-,43-40-. The van der Waals surface area contributed by atoms with E-state index >= 15 is 0 Å². The number of hydrogen-bond donors (Lipinski definition) is 2. The molecule has 0 aromatic carbocycles. The second-order valence-corrected chi connectivity index (χ2v) is 20.9. The molecule has 0 amide bonds. The molecule has 0 fully saturated rings. The van der Waals surface area contributed by atoms with Crippen LogP contribution in [0.25, 0.3) is 0 Å². The van der Waals surface area contributed by atoms with Gasteiger partial charge in [0.1, 0.15) is 12.7 Å². The third kappa shape index (κ3) is 52.1. The molecule has 72 heavy (non-hydrogen) atoms. The van der Waals surface area contributed by atoms with Gasteiger partial charge < -0.3 is 24.2 Å². The summed E-state index contributed by atoms with van der Waals surface area (Å²) in [5, 5.41) is 9.81. The number of rotatable bonds is 54. The summed E-state index contributed by atoms with van der Waals surface area (Å²) < 4.78 is 39.4. The zero-order valence-corrected chi connectivity index (χ0v) is 47.0. The van der Waals surface area contributed by atoms with E-state index in [4.69, 9.17) is 23.3 Å². The SMILES string of the molecule is CC/C=C\C/C=C\C/C=C\C/C=C\CCC(=O)OCC(COP(=O)(O)OCC(CO)OC(=O)CCCCCCC/C=C\CCCCCCCC)OC(=O)CCCCCCCCCCCCCCCCCCC. The molecule has 0 aromatic rings. The third-order valence-electron chi connectivity index (χ3n) is 12.4. The largest absolute Gasteiger partial charge is 0.472 e. The number of aliphatic hydroxyl groups is 1.